The molecule has 1 aromatic heterocycles. The largest absolute Gasteiger partial charge is 0.491 e. The zero-order chi connectivity index (χ0) is 41.4. The summed E-state index contributed by atoms with van der Waals surface area (Å²) in [5.41, 5.74) is 0.00474. The van der Waals surface area contributed by atoms with Crippen molar-refractivity contribution in [2.75, 3.05) is 67.0 Å². The van der Waals surface area contributed by atoms with E-state index in [1.807, 2.05) is 4.90 Å². The first-order valence-electron chi connectivity index (χ1n) is 19.9. The van der Waals surface area contributed by atoms with Crippen LogP contribution in [0.1, 0.15) is 106 Å². The average molecular weight is 817 g/mol. The van der Waals surface area contributed by atoms with Crippen molar-refractivity contribution >= 4 is 41.0 Å². The van der Waals surface area contributed by atoms with Crippen molar-refractivity contribution in [3.8, 4) is 5.75 Å². The van der Waals surface area contributed by atoms with Crippen molar-refractivity contribution in [3.05, 3.63) is 45.9 Å². The number of thiazole rings is 1. The summed E-state index contributed by atoms with van der Waals surface area (Å²) in [6, 6.07) is 4.99. The molecule has 4 rings (SSSR count). The van der Waals surface area contributed by atoms with E-state index in [9.17, 15) is 24.0 Å². The first-order chi connectivity index (χ1) is 27.3. The molecule has 1 aromatic carbocycles. The van der Waals surface area contributed by atoms with Gasteiger partial charge in [-0.1, -0.05) is 31.4 Å². The molecule has 1 aliphatic heterocycles. The second-order valence-corrected chi connectivity index (χ2v) is 16.2. The van der Waals surface area contributed by atoms with Gasteiger partial charge >= 0.3 is 12.1 Å². The zero-order valence-electron chi connectivity index (χ0n) is 34.3. The molecule has 16 heteroatoms. The van der Waals surface area contributed by atoms with Gasteiger partial charge in [0.05, 0.1) is 59.2 Å². The number of aromatic nitrogens is 1. The molecule has 57 heavy (non-hydrogen) atoms. The molecule has 3 amide bonds. The van der Waals surface area contributed by atoms with Crippen LogP contribution in [0.15, 0.2) is 29.6 Å². The first-order valence-corrected chi connectivity index (χ1v) is 20.8. The fourth-order valence-corrected chi connectivity index (χ4v) is 7.64. The lowest BCUT2D eigenvalue weighted by Gasteiger charge is -2.36. The Hall–Kier alpha value is -4.12. The van der Waals surface area contributed by atoms with Crippen LogP contribution in [-0.4, -0.2) is 129 Å². The number of hydrogen-bond donors (Lipinski definition) is 1. The normalized spacial score (nSPS) is 17.1. The van der Waals surface area contributed by atoms with Crippen molar-refractivity contribution in [3.63, 3.8) is 0 Å². The van der Waals surface area contributed by atoms with Gasteiger partial charge in [0.2, 0.25) is 17.6 Å². The van der Waals surface area contributed by atoms with Gasteiger partial charge in [0, 0.05) is 24.5 Å². The van der Waals surface area contributed by atoms with Crippen LogP contribution >= 0.6 is 11.3 Å². The van der Waals surface area contributed by atoms with Gasteiger partial charge in [0.15, 0.2) is 0 Å². The summed E-state index contributed by atoms with van der Waals surface area (Å²) in [4.78, 5) is 73.1. The number of nitrogens with one attached hydrogen (secondary N) is 1. The predicted octanol–water partition coefficient (Wildman–Crippen LogP) is 5.35. The van der Waals surface area contributed by atoms with E-state index in [4.69, 9.17) is 28.7 Å². The number of esters is 1. The van der Waals surface area contributed by atoms with Gasteiger partial charge in [-0.05, 0) is 71.4 Å². The molecule has 316 valence electrons. The lowest BCUT2D eigenvalue weighted by molar-refractivity contribution is -0.142. The number of nitrogens with zero attached hydrogens (tertiary/aromatic N) is 3. The minimum absolute atomic E-state index is 0.0262. The van der Waals surface area contributed by atoms with Crippen molar-refractivity contribution in [1.82, 2.24) is 20.1 Å². The van der Waals surface area contributed by atoms with E-state index in [1.165, 1.54) is 30.4 Å². The quantitative estimate of drug-likeness (QED) is 0.0975. The number of ether oxygens (including phenoxy) is 6. The van der Waals surface area contributed by atoms with Gasteiger partial charge in [-0.2, -0.15) is 0 Å². The van der Waals surface area contributed by atoms with E-state index < -0.39 is 29.7 Å². The maximum absolute atomic E-state index is 14.4. The number of carbonyl (C=O) groups excluding carboxylic acids is 5. The summed E-state index contributed by atoms with van der Waals surface area (Å²) in [6.45, 7) is 9.86. The summed E-state index contributed by atoms with van der Waals surface area (Å²) in [5, 5.41) is 5.44. The van der Waals surface area contributed by atoms with Crippen LogP contribution in [0.25, 0.3) is 0 Å². The molecule has 2 aliphatic rings. The Kier molecular flexibility index (Phi) is 18.2. The average Bonchev–Trinajstić information content (AvgIpc) is 3.90. The topological polar surface area (TPSA) is 172 Å². The van der Waals surface area contributed by atoms with Crippen molar-refractivity contribution < 1.29 is 52.4 Å². The van der Waals surface area contributed by atoms with E-state index in [0.29, 0.717) is 68.0 Å². The molecule has 3 atom stereocenters. The highest BCUT2D eigenvalue weighted by Crippen LogP contribution is 2.37. The minimum atomic E-state index is -0.854. The molecular formula is C41H60N4O11S. The van der Waals surface area contributed by atoms with Crippen LogP contribution in [0.4, 0.5) is 4.79 Å². The molecule has 2 heterocycles. The van der Waals surface area contributed by atoms with Gasteiger partial charge in [-0.25, -0.2) is 9.78 Å². The highest BCUT2D eigenvalue weighted by molar-refractivity contribution is 7.10. The third-order valence-corrected chi connectivity index (χ3v) is 10.9. The molecule has 0 spiro atoms. The van der Waals surface area contributed by atoms with Crippen molar-refractivity contribution in [2.24, 2.45) is 5.92 Å². The molecule has 2 aromatic rings. The number of hydrogen-bond acceptors (Lipinski definition) is 13. The molecule has 1 aliphatic carbocycles. The first kappa shape index (κ1) is 45.6. The lowest BCUT2D eigenvalue weighted by Crippen LogP contribution is -2.56. The second-order valence-electron chi connectivity index (χ2n) is 15.3. The van der Waals surface area contributed by atoms with E-state index in [2.05, 4.69) is 10.1 Å². The van der Waals surface area contributed by atoms with Gasteiger partial charge < -0.3 is 38.6 Å². The second kappa shape index (κ2) is 22.7. The van der Waals surface area contributed by atoms with Gasteiger partial charge in [-0.15, -0.1) is 11.3 Å². The van der Waals surface area contributed by atoms with Crippen LogP contribution in [0.2, 0.25) is 0 Å². The van der Waals surface area contributed by atoms with E-state index in [-0.39, 0.29) is 49.3 Å². The van der Waals surface area contributed by atoms with Crippen LogP contribution in [-0.2, 0) is 38.1 Å². The van der Waals surface area contributed by atoms with E-state index in [1.54, 1.807) is 57.3 Å². The molecule has 1 N–H and O–H groups in total. The van der Waals surface area contributed by atoms with Crippen molar-refractivity contribution in [2.45, 2.75) is 103 Å². The number of carbonyl (C=O) groups is 5. The van der Waals surface area contributed by atoms with Gasteiger partial charge in [-0.3, -0.25) is 24.1 Å². The molecule has 0 radical (unpaired) electrons. The van der Waals surface area contributed by atoms with Crippen LogP contribution in [0.3, 0.4) is 0 Å². The molecule has 1 saturated heterocycles. The highest BCUT2D eigenvalue weighted by atomic mass is 32.1. The number of likely N-dealkylation sites (tertiary alicyclic amines) is 1. The molecule has 15 nitrogen and oxygen atoms in total. The maximum atomic E-state index is 14.4. The van der Waals surface area contributed by atoms with Gasteiger partial charge in [0.25, 0.3) is 0 Å². The Bertz CT molecular complexity index is 1620. The van der Waals surface area contributed by atoms with E-state index in [0.717, 1.165) is 38.5 Å². The smallest absolute Gasteiger partial charge is 0.410 e. The number of amides is 3. The molecular weight excluding hydrogens is 757 g/mol. The summed E-state index contributed by atoms with van der Waals surface area (Å²) >= 11 is 1.35. The molecule has 1 unspecified atom stereocenters. The number of benzene rings is 1. The fraction of sp³-hybridized carbons (Fsp3) is 0.659. The molecule has 0 bridgehead atoms. The Morgan fingerprint density at radius 1 is 0.930 bits per heavy atom. The zero-order valence-corrected chi connectivity index (χ0v) is 35.1. The SMILES string of the molecule is COC(=O)CCOCCOCCOCCOc1cccc(C(=O)c2csc(C3CCCN3C(=O)[C@@H](NC(=O)[C@H](C)N(C)C(=O)OC(C)(C)C)C3CCCCC3)n2)c1. The van der Waals surface area contributed by atoms with Crippen molar-refractivity contribution in [1.29, 1.82) is 0 Å². The summed E-state index contributed by atoms with van der Waals surface area (Å²) in [5.74, 6) is -0.645. The summed E-state index contributed by atoms with van der Waals surface area (Å²) < 4.78 is 32.2. The Morgan fingerprint density at radius 2 is 1.60 bits per heavy atom. The summed E-state index contributed by atoms with van der Waals surface area (Å²) in [6.07, 6.45) is 5.76. The number of rotatable bonds is 21. The Labute approximate surface area is 340 Å². The summed E-state index contributed by atoms with van der Waals surface area (Å²) in [7, 11) is 2.86. The predicted molar refractivity (Wildman–Crippen MR) is 212 cm³/mol. The number of likely N-dealkylation sites (N-methyl/N-ethyl adjacent to an activating group) is 1. The van der Waals surface area contributed by atoms with E-state index >= 15 is 0 Å². The standard InChI is InChI=1S/C41H60N4O11S/c1-28(44(5)40(50)56-41(2,3)4)37(48)43-35(29-12-8-7-9-13-29)39(49)45-18-11-16-33(45)38-42-32(27-57-38)36(47)30-14-10-15-31(26-30)55-25-24-54-23-22-53-21-20-52-19-17-34(46)51-6/h10,14-15,26-29,33,35H,7-9,11-13,16-25H2,1-6H3,(H,43,48)/t28-,33?,35-/m0/s1. The third-order valence-electron chi connectivity index (χ3n) is 9.92. The van der Waals surface area contributed by atoms with Crippen LogP contribution in [0.5, 0.6) is 5.75 Å². The molecule has 1 saturated carbocycles. The lowest BCUT2D eigenvalue weighted by atomic mass is 9.83. The number of ketones is 1. The highest BCUT2D eigenvalue weighted by Gasteiger charge is 2.41. The van der Waals surface area contributed by atoms with Gasteiger partial charge in [0.1, 0.15) is 40.7 Å². The monoisotopic (exact) mass is 816 g/mol. The Morgan fingerprint density at radius 3 is 2.26 bits per heavy atom. The Balaban J connectivity index is 1.30. The third kappa shape index (κ3) is 14.3. The minimum Gasteiger partial charge on any atom is -0.491 e. The van der Waals surface area contributed by atoms with Crippen LogP contribution < -0.4 is 10.1 Å². The fourth-order valence-electron chi connectivity index (χ4n) is 6.69. The van der Waals surface area contributed by atoms with Crippen LogP contribution in [0, 0.1) is 5.92 Å². The molecule has 2 fully saturated rings. The number of methoxy groups -OCH3 is 1. The maximum Gasteiger partial charge on any atom is 0.410 e.